The standard InChI is InChI=1S/C20H26F2O/c1-19-10-9-15-14-6-4-13(23)11-12(14)3-5-16(15)17(19)7-8-18(19)20(2,21)22/h4,6,11,15-18,23H,3,5,7-10H2,1-2H3/t15?,16?,17?,18-,19-/m0/s1. The third-order valence-corrected chi connectivity index (χ3v) is 7.32. The van der Waals surface area contributed by atoms with Crippen LogP contribution in [0.2, 0.25) is 0 Å². The third-order valence-electron chi connectivity index (χ3n) is 7.32. The lowest BCUT2D eigenvalue weighted by atomic mass is 9.53. The second-order valence-corrected chi connectivity index (χ2v) is 8.43. The normalized spacial score (nSPS) is 39.5. The van der Waals surface area contributed by atoms with Gasteiger partial charge in [-0.05, 0) is 91.9 Å². The molecule has 1 aromatic carbocycles. The van der Waals surface area contributed by atoms with Crippen molar-refractivity contribution in [1.29, 1.82) is 0 Å². The van der Waals surface area contributed by atoms with Crippen LogP contribution in [0.25, 0.3) is 0 Å². The number of aryl methyl sites for hydroxylation is 1. The molecule has 2 saturated carbocycles. The molecule has 0 amide bonds. The van der Waals surface area contributed by atoms with Gasteiger partial charge in [-0.15, -0.1) is 0 Å². The lowest BCUT2D eigenvalue weighted by Crippen LogP contribution is -2.46. The van der Waals surface area contributed by atoms with Crippen molar-refractivity contribution in [2.75, 3.05) is 0 Å². The maximum Gasteiger partial charge on any atom is 0.248 e. The van der Waals surface area contributed by atoms with Crippen LogP contribution in [0.3, 0.4) is 0 Å². The molecule has 0 aliphatic heterocycles. The van der Waals surface area contributed by atoms with Crippen molar-refractivity contribution >= 4 is 0 Å². The molecule has 0 spiro atoms. The van der Waals surface area contributed by atoms with E-state index < -0.39 is 11.8 Å². The lowest BCUT2D eigenvalue weighted by Gasteiger charge is -2.51. The monoisotopic (exact) mass is 320 g/mol. The first-order chi connectivity index (χ1) is 10.8. The highest BCUT2D eigenvalue weighted by molar-refractivity contribution is 5.40. The predicted octanol–water partition coefficient (Wildman–Crippen LogP) is 5.52. The lowest BCUT2D eigenvalue weighted by molar-refractivity contribution is -0.106. The number of phenols is 1. The average Bonchev–Trinajstić information content (AvgIpc) is 2.84. The molecule has 4 rings (SSSR count). The quantitative estimate of drug-likeness (QED) is 0.722. The summed E-state index contributed by atoms with van der Waals surface area (Å²) in [6.45, 7) is 3.26. The van der Waals surface area contributed by atoms with Gasteiger partial charge in [0, 0.05) is 5.92 Å². The molecule has 0 aromatic heterocycles. The summed E-state index contributed by atoms with van der Waals surface area (Å²) in [6, 6.07) is 5.76. The highest BCUT2D eigenvalue weighted by atomic mass is 19.3. The van der Waals surface area contributed by atoms with E-state index in [1.54, 1.807) is 6.07 Å². The molecule has 1 aromatic rings. The first-order valence-corrected chi connectivity index (χ1v) is 9.00. The molecule has 23 heavy (non-hydrogen) atoms. The smallest absolute Gasteiger partial charge is 0.248 e. The first-order valence-electron chi connectivity index (χ1n) is 9.00. The fraction of sp³-hybridized carbons (Fsp3) is 0.700. The van der Waals surface area contributed by atoms with Gasteiger partial charge < -0.3 is 5.11 Å². The highest BCUT2D eigenvalue weighted by Crippen LogP contribution is 2.65. The molecule has 0 bridgehead atoms. The van der Waals surface area contributed by atoms with Gasteiger partial charge >= 0.3 is 0 Å². The molecule has 5 atom stereocenters. The minimum atomic E-state index is -2.56. The molecule has 126 valence electrons. The average molecular weight is 320 g/mol. The summed E-state index contributed by atoms with van der Waals surface area (Å²) in [5.74, 6) is -1.20. The summed E-state index contributed by atoms with van der Waals surface area (Å²) in [5.41, 5.74) is 2.44. The number of halogens is 2. The van der Waals surface area contributed by atoms with E-state index in [-0.39, 0.29) is 5.41 Å². The van der Waals surface area contributed by atoms with Crippen LogP contribution in [0, 0.1) is 23.2 Å². The van der Waals surface area contributed by atoms with Crippen molar-refractivity contribution in [3.8, 4) is 5.75 Å². The predicted molar refractivity (Wildman–Crippen MR) is 86.8 cm³/mol. The highest BCUT2D eigenvalue weighted by Gasteiger charge is 2.59. The van der Waals surface area contributed by atoms with E-state index in [9.17, 15) is 13.9 Å². The number of benzene rings is 1. The van der Waals surface area contributed by atoms with Crippen molar-refractivity contribution in [3.05, 3.63) is 29.3 Å². The molecule has 2 fully saturated rings. The topological polar surface area (TPSA) is 20.2 Å². The van der Waals surface area contributed by atoms with Gasteiger partial charge in [-0.3, -0.25) is 0 Å². The molecule has 3 aliphatic rings. The number of phenolic OH excluding ortho intramolecular Hbond substituents is 1. The Morgan fingerprint density at radius 2 is 1.96 bits per heavy atom. The Morgan fingerprint density at radius 1 is 1.17 bits per heavy atom. The second kappa shape index (κ2) is 4.94. The fourth-order valence-electron chi connectivity index (χ4n) is 6.40. The van der Waals surface area contributed by atoms with Gasteiger partial charge in [0.15, 0.2) is 0 Å². The minimum Gasteiger partial charge on any atom is -0.508 e. The zero-order valence-corrected chi connectivity index (χ0v) is 14.0. The zero-order valence-electron chi connectivity index (χ0n) is 14.0. The van der Waals surface area contributed by atoms with Crippen molar-refractivity contribution in [2.45, 2.75) is 64.2 Å². The number of fused-ring (bicyclic) bond motifs is 5. The Hall–Kier alpha value is -1.12. The Morgan fingerprint density at radius 3 is 2.70 bits per heavy atom. The molecule has 3 heteroatoms. The molecule has 0 saturated heterocycles. The molecule has 0 heterocycles. The van der Waals surface area contributed by atoms with Gasteiger partial charge in [0.2, 0.25) is 5.92 Å². The summed E-state index contributed by atoms with van der Waals surface area (Å²) in [5, 5.41) is 9.72. The van der Waals surface area contributed by atoms with Gasteiger partial charge in [0.25, 0.3) is 0 Å². The number of hydrogen-bond donors (Lipinski definition) is 1. The van der Waals surface area contributed by atoms with Crippen LogP contribution in [0.15, 0.2) is 18.2 Å². The number of hydrogen-bond acceptors (Lipinski definition) is 1. The molecule has 1 N–H and O–H groups in total. The first kappa shape index (κ1) is 15.4. The number of rotatable bonds is 1. The largest absolute Gasteiger partial charge is 0.508 e. The van der Waals surface area contributed by atoms with Crippen molar-refractivity contribution < 1.29 is 13.9 Å². The summed E-state index contributed by atoms with van der Waals surface area (Å²) in [7, 11) is 0. The molecule has 0 radical (unpaired) electrons. The second-order valence-electron chi connectivity index (χ2n) is 8.43. The minimum absolute atomic E-state index is 0.201. The summed E-state index contributed by atoms with van der Waals surface area (Å²) in [6.07, 6.45) is 5.62. The third kappa shape index (κ3) is 2.22. The van der Waals surface area contributed by atoms with E-state index in [0.717, 1.165) is 39.0 Å². The van der Waals surface area contributed by atoms with E-state index in [4.69, 9.17) is 0 Å². The van der Waals surface area contributed by atoms with Gasteiger partial charge in [-0.25, -0.2) is 8.78 Å². The Balaban J connectivity index is 1.67. The summed E-state index contributed by atoms with van der Waals surface area (Å²) in [4.78, 5) is 0. The maximum atomic E-state index is 14.1. The van der Waals surface area contributed by atoms with E-state index in [2.05, 4.69) is 13.0 Å². The summed E-state index contributed by atoms with van der Waals surface area (Å²) >= 11 is 0. The van der Waals surface area contributed by atoms with E-state index >= 15 is 0 Å². The molecule has 3 unspecified atom stereocenters. The zero-order chi connectivity index (χ0) is 16.4. The molecule has 3 aliphatic carbocycles. The summed E-state index contributed by atoms with van der Waals surface area (Å²) < 4.78 is 28.2. The van der Waals surface area contributed by atoms with Crippen LogP contribution in [-0.4, -0.2) is 11.0 Å². The van der Waals surface area contributed by atoms with Gasteiger partial charge in [0.1, 0.15) is 5.75 Å². The van der Waals surface area contributed by atoms with Crippen LogP contribution in [0.4, 0.5) is 8.78 Å². The van der Waals surface area contributed by atoms with Gasteiger partial charge in [-0.1, -0.05) is 13.0 Å². The van der Waals surface area contributed by atoms with Gasteiger partial charge in [-0.2, -0.15) is 0 Å². The van der Waals surface area contributed by atoms with Crippen molar-refractivity contribution in [1.82, 2.24) is 0 Å². The van der Waals surface area contributed by atoms with E-state index in [1.165, 1.54) is 11.1 Å². The Bertz CT molecular complexity index is 621. The molecule has 1 nitrogen and oxygen atoms in total. The maximum absolute atomic E-state index is 14.1. The van der Waals surface area contributed by atoms with Crippen molar-refractivity contribution in [2.24, 2.45) is 23.2 Å². The Kier molecular flexibility index (Phi) is 3.31. The number of alkyl halides is 2. The van der Waals surface area contributed by atoms with Crippen LogP contribution in [0.1, 0.15) is 63.0 Å². The SMILES string of the molecule is CC(F)(F)[C@H]1CCC2C3CCc4cc(O)ccc4C3CC[C@@]21C. The van der Waals surface area contributed by atoms with E-state index in [0.29, 0.717) is 29.9 Å². The Labute approximate surface area is 137 Å². The van der Waals surface area contributed by atoms with E-state index in [1.807, 2.05) is 6.07 Å². The fourth-order valence-corrected chi connectivity index (χ4v) is 6.40. The number of aromatic hydroxyl groups is 1. The molecular formula is C20H26F2O. The van der Waals surface area contributed by atoms with Crippen LogP contribution in [-0.2, 0) is 6.42 Å². The van der Waals surface area contributed by atoms with Crippen LogP contribution >= 0.6 is 0 Å². The molecular weight excluding hydrogens is 294 g/mol. The van der Waals surface area contributed by atoms with Crippen LogP contribution < -0.4 is 0 Å². The van der Waals surface area contributed by atoms with Crippen LogP contribution in [0.5, 0.6) is 5.75 Å². The van der Waals surface area contributed by atoms with Gasteiger partial charge in [0.05, 0.1) is 0 Å². The van der Waals surface area contributed by atoms with Crippen molar-refractivity contribution in [3.63, 3.8) is 0 Å².